The standard InChI is InChI=1S/C23H22N2O4/c1-14-19-6-4-5-7-20(19)25-15(2)22(14)23(28)29-13-21(27)18-10-8-17(9-11-18)12-24-16(3)26/h4-11H,12-13H2,1-3H3,(H,24,26). The molecule has 0 saturated heterocycles. The van der Waals surface area contributed by atoms with Crippen molar-refractivity contribution >= 4 is 28.6 Å². The number of aryl methyl sites for hydroxylation is 2. The molecule has 0 aliphatic heterocycles. The van der Waals surface area contributed by atoms with Crippen LogP contribution in [0.15, 0.2) is 48.5 Å². The number of amides is 1. The first-order valence-corrected chi connectivity index (χ1v) is 9.26. The number of nitrogens with one attached hydrogen (secondary N) is 1. The van der Waals surface area contributed by atoms with Crippen LogP contribution in [0.25, 0.3) is 10.9 Å². The predicted molar refractivity (Wildman–Crippen MR) is 110 cm³/mol. The van der Waals surface area contributed by atoms with Crippen LogP contribution in [0.2, 0.25) is 0 Å². The lowest BCUT2D eigenvalue weighted by molar-refractivity contribution is -0.119. The first-order chi connectivity index (χ1) is 13.9. The molecule has 1 N–H and O–H groups in total. The Labute approximate surface area is 168 Å². The number of fused-ring (bicyclic) bond motifs is 1. The summed E-state index contributed by atoms with van der Waals surface area (Å²) in [4.78, 5) is 40.4. The van der Waals surface area contributed by atoms with Crippen LogP contribution < -0.4 is 5.32 Å². The number of hydrogen-bond acceptors (Lipinski definition) is 5. The molecule has 0 unspecified atom stereocenters. The number of Topliss-reactive ketones (excluding diaryl/α,β-unsaturated/α-hetero) is 1. The average molecular weight is 390 g/mol. The van der Waals surface area contributed by atoms with Gasteiger partial charge in [-0.3, -0.25) is 14.6 Å². The number of rotatable bonds is 6. The van der Waals surface area contributed by atoms with E-state index in [9.17, 15) is 14.4 Å². The van der Waals surface area contributed by atoms with Crippen LogP contribution in [0.5, 0.6) is 0 Å². The van der Waals surface area contributed by atoms with Crippen LogP contribution in [0.3, 0.4) is 0 Å². The van der Waals surface area contributed by atoms with Gasteiger partial charge in [-0.05, 0) is 31.0 Å². The fourth-order valence-electron chi connectivity index (χ4n) is 3.15. The van der Waals surface area contributed by atoms with Crippen molar-refractivity contribution in [1.82, 2.24) is 10.3 Å². The molecular weight excluding hydrogens is 368 g/mol. The average Bonchev–Trinajstić information content (AvgIpc) is 2.71. The number of para-hydroxylation sites is 1. The smallest absolute Gasteiger partial charge is 0.340 e. The third-order valence-corrected chi connectivity index (χ3v) is 4.69. The maximum absolute atomic E-state index is 12.6. The minimum Gasteiger partial charge on any atom is -0.454 e. The van der Waals surface area contributed by atoms with E-state index in [2.05, 4.69) is 10.3 Å². The number of esters is 1. The second-order valence-corrected chi connectivity index (χ2v) is 6.82. The molecule has 0 radical (unpaired) electrons. The summed E-state index contributed by atoms with van der Waals surface area (Å²) in [6, 6.07) is 14.4. The third-order valence-electron chi connectivity index (χ3n) is 4.69. The molecule has 1 aromatic heterocycles. The second kappa shape index (κ2) is 8.65. The zero-order chi connectivity index (χ0) is 21.0. The first-order valence-electron chi connectivity index (χ1n) is 9.26. The molecule has 6 nitrogen and oxygen atoms in total. The van der Waals surface area contributed by atoms with E-state index in [4.69, 9.17) is 4.74 Å². The van der Waals surface area contributed by atoms with Crippen LogP contribution in [-0.2, 0) is 16.1 Å². The molecule has 0 spiro atoms. The number of ketones is 1. The van der Waals surface area contributed by atoms with E-state index in [1.807, 2.05) is 31.2 Å². The molecule has 148 valence electrons. The van der Waals surface area contributed by atoms with Gasteiger partial charge in [0.25, 0.3) is 0 Å². The molecule has 0 aliphatic rings. The summed E-state index contributed by atoms with van der Waals surface area (Å²) >= 11 is 0. The molecule has 0 aliphatic carbocycles. The van der Waals surface area contributed by atoms with Gasteiger partial charge in [0.1, 0.15) is 0 Å². The molecule has 0 saturated carbocycles. The molecule has 0 bridgehead atoms. The number of hydrogen-bond donors (Lipinski definition) is 1. The van der Waals surface area contributed by atoms with Crippen LogP contribution in [0.1, 0.15) is 44.5 Å². The fourth-order valence-corrected chi connectivity index (χ4v) is 3.15. The van der Waals surface area contributed by atoms with Gasteiger partial charge in [-0.2, -0.15) is 0 Å². The molecule has 0 atom stereocenters. The zero-order valence-electron chi connectivity index (χ0n) is 16.6. The van der Waals surface area contributed by atoms with Crippen molar-refractivity contribution in [3.05, 3.63) is 76.5 Å². The van der Waals surface area contributed by atoms with Gasteiger partial charge in [0.05, 0.1) is 16.8 Å². The Morgan fingerprint density at radius 1 is 1.00 bits per heavy atom. The van der Waals surface area contributed by atoms with E-state index < -0.39 is 5.97 Å². The highest BCUT2D eigenvalue weighted by molar-refractivity contribution is 6.01. The highest BCUT2D eigenvalue weighted by Gasteiger charge is 2.19. The van der Waals surface area contributed by atoms with Crippen LogP contribution in [-0.4, -0.2) is 29.3 Å². The molecule has 29 heavy (non-hydrogen) atoms. The molecule has 1 amide bonds. The minimum atomic E-state index is -0.561. The summed E-state index contributed by atoms with van der Waals surface area (Å²) in [6.07, 6.45) is 0. The molecule has 3 aromatic rings. The van der Waals surface area contributed by atoms with Crippen molar-refractivity contribution in [1.29, 1.82) is 0 Å². The summed E-state index contributed by atoms with van der Waals surface area (Å²) in [5, 5.41) is 3.57. The summed E-state index contributed by atoms with van der Waals surface area (Å²) in [5.74, 6) is -0.979. The van der Waals surface area contributed by atoms with E-state index in [0.29, 0.717) is 23.4 Å². The van der Waals surface area contributed by atoms with E-state index in [-0.39, 0.29) is 18.3 Å². The molecule has 3 rings (SSSR count). The summed E-state index contributed by atoms with van der Waals surface area (Å²) in [7, 11) is 0. The summed E-state index contributed by atoms with van der Waals surface area (Å²) in [6.45, 7) is 5.09. The van der Waals surface area contributed by atoms with Crippen molar-refractivity contribution in [2.24, 2.45) is 0 Å². The lowest BCUT2D eigenvalue weighted by atomic mass is 10.0. The lowest BCUT2D eigenvalue weighted by Gasteiger charge is -2.12. The summed E-state index contributed by atoms with van der Waals surface area (Å²) < 4.78 is 5.28. The second-order valence-electron chi connectivity index (χ2n) is 6.82. The quantitative estimate of drug-likeness (QED) is 0.514. The van der Waals surface area contributed by atoms with E-state index in [1.165, 1.54) is 6.92 Å². The minimum absolute atomic E-state index is 0.120. The van der Waals surface area contributed by atoms with Gasteiger partial charge in [-0.25, -0.2) is 4.79 Å². The van der Waals surface area contributed by atoms with Gasteiger partial charge in [-0.1, -0.05) is 42.5 Å². The number of ether oxygens (including phenoxy) is 1. The Morgan fingerprint density at radius 3 is 2.38 bits per heavy atom. The van der Waals surface area contributed by atoms with Crippen molar-refractivity contribution in [2.75, 3.05) is 6.61 Å². The number of aromatic nitrogens is 1. The maximum Gasteiger partial charge on any atom is 0.340 e. The number of pyridine rings is 1. The lowest BCUT2D eigenvalue weighted by Crippen LogP contribution is -2.19. The fraction of sp³-hybridized carbons (Fsp3) is 0.217. The Balaban J connectivity index is 1.68. The monoisotopic (exact) mass is 390 g/mol. The van der Waals surface area contributed by atoms with Gasteiger partial charge in [0, 0.05) is 24.4 Å². The van der Waals surface area contributed by atoms with Gasteiger partial charge in [-0.15, -0.1) is 0 Å². The largest absolute Gasteiger partial charge is 0.454 e. The van der Waals surface area contributed by atoms with Gasteiger partial charge in [0.2, 0.25) is 5.91 Å². The molecular formula is C23H22N2O4. The van der Waals surface area contributed by atoms with Crippen molar-refractivity contribution in [3.63, 3.8) is 0 Å². The van der Waals surface area contributed by atoms with Gasteiger partial charge >= 0.3 is 5.97 Å². The molecule has 6 heteroatoms. The van der Waals surface area contributed by atoms with E-state index in [0.717, 1.165) is 22.0 Å². The van der Waals surface area contributed by atoms with Crippen LogP contribution in [0.4, 0.5) is 0 Å². The molecule has 1 heterocycles. The van der Waals surface area contributed by atoms with Crippen molar-refractivity contribution in [2.45, 2.75) is 27.3 Å². The van der Waals surface area contributed by atoms with Gasteiger partial charge in [0.15, 0.2) is 12.4 Å². The van der Waals surface area contributed by atoms with Crippen LogP contribution in [0, 0.1) is 13.8 Å². The van der Waals surface area contributed by atoms with E-state index >= 15 is 0 Å². The number of benzene rings is 2. The Bertz CT molecular complexity index is 1090. The predicted octanol–water partition coefficient (Wildman–Crippen LogP) is 3.53. The number of carbonyl (C=O) groups excluding carboxylic acids is 3. The van der Waals surface area contributed by atoms with Crippen molar-refractivity contribution in [3.8, 4) is 0 Å². The highest BCUT2D eigenvalue weighted by Crippen LogP contribution is 2.23. The Morgan fingerprint density at radius 2 is 1.69 bits per heavy atom. The molecule has 0 fully saturated rings. The highest BCUT2D eigenvalue weighted by atomic mass is 16.5. The first kappa shape index (κ1) is 20.2. The maximum atomic E-state index is 12.6. The Kier molecular flexibility index (Phi) is 6.02. The SMILES string of the molecule is CC(=O)NCc1ccc(C(=O)COC(=O)c2c(C)nc3ccccc3c2C)cc1. The molecule has 2 aromatic carbocycles. The Hall–Kier alpha value is -3.54. The van der Waals surface area contributed by atoms with Crippen LogP contribution >= 0.6 is 0 Å². The van der Waals surface area contributed by atoms with Gasteiger partial charge < -0.3 is 10.1 Å². The summed E-state index contributed by atoms with van der Waals surface area (Å²) in [5.41, 5.74) is 3.88. The van der Waals surface area contributed by atoms with E-state index in [1.54, 1.807) is 31.2 Å². The normalized spacial score (nSPS) is 10.6. The van der Waals surface area contributed by atoms with Crippen molar-refractivity contribution < 1.29 is 19.1 Å². The number of nitrogens with zero attached hydrogens (tertiary/aromatic N) is 1. The third kappa shape index (κ3) is 4.66. The topological polar surface area (TPSA) is 85.4 Å². The zero-order valence-corrected chi connectivity index (χ0v) is 16.6. The number of carbonyl (C=O) groups is 3.